The lowest BCUT2D eigenvalue weighted by atomic mass is 10.1. The number of aromatic nitrogens is 2. The molecule has 0 aliphatic heterocycles. The average Bonchev–Trinajstić information content (AvgIpc) is 2.81. The van der Waals surface area contributed by atoms with Crippen molar-refractivity contribution < 1.29 is 17.9 Å². The minimum Gasteiger partial charge on any atom is -0.434 e. The van der Waals surface area contributed by atoms with Crippen molar-refractivity contribution in [3.05, 3.63) is 39.5 Å². The van der Waals surface area contributed by atoms with Crippen LogP contribution in [0, 0.1) is 0 Å². The zero-order valence-corrected chi connectivity index (χ0v) is 12.6. The van der Waals surface area contributed by atoms with Crippen molar-refractivity contribution in [1.29, 1.82) is 0 Å². The van der Waals surface area contributed by atoms with Crippen LogP contribution in [0.25, 0.3) is 0 Å². The molecule has 8 heteroatoms. The Labute approximate surface area is 129 Å². The van der Waals surface area contributed by atoms with Gasteiger partial charge in [0.25, 0.3) is 0 Å². The van der Waals surface area contributed by atoms with E-state index in [1.807, 2.05) is 13.8 Å². The first-order chi connectivity index (χ1) is 9.68. The van der Waals surface area contributed by atoms with Gasteiger partial charge in [-0.15, -0.1) is 5.10 Å². The van der Waals surface area contributed by atoms with Crippen LogP contribution in [0.1, 0.15) is 31.0 Å². The molecule has 0 saturated heterocycles. The van der Waals surface area contributed by atoms with Crippen LogP contribution >= 0.6 is 23.2 Å². The van der Waals surface area contributed by atoms with Gasteiger partial charge in [0, 0.05) is 11.8 Å². The van der Waals surface area contributed by atoms with Crippen molar-refractivity contribution in [1.82, 2.24) is 10.2 Å². The number of nitrogens with zero attached hydrogens (tertiary/aromatic N) is 1. The number of H-pyrrole nitrogens is 1. The maximum atomic E-state index is 12.6. The third kappa shape index (κ3) is 3.63. The minimum atomic E-state index is -4.52. The topological polar surface area (TPSA) is 37.9 Å². The second-order valence-corrected chi connectivity index (χ2v) is 5.50. The molecule has 0 unspecified atom stereocenters. The predicted octanol–water partition coefficient (Wildman–Crippen LogP) is 5.65. The van der Waals surface area contributed by atoms with Crippen LogP contribution in [-0.4, -0.2) is 10.2 Å². The highest BCUT2D eigenvalue weighted by Gasteiger charge is 2.32. The Morgan fingerprint density at radius 2 is 1.71 bits per heavy atom. The van der Waals surface area contributed by atoms with Crippen molar-refractivity contribution in [2.24, 2.45) is 0 Å². The molecule has 0 atom stereocenters. The Morgan fingerprint density at radius 1 is 1.14 bits per heavy atom. The molecule has 0 aliphatic carbocycles. The highest BCUT2D eigenvalue weighted by atomic mass is 35.5. The van der Waals surface area contributed by atoms with E-state index in [0.29, 0.717) is 0 Å². The molecule has 0 bridgehead atoms. The van der Waals surface area contributed by atoms with Crippen LogP contribution in [0.15, 0.2) is 18.2 Å². The molecule has 0 saturated carbocycles. The fourth-order valence-electron chi connectivity index (χ4n) is 1.59. The summed E-state index contributed by atoms with van der Waals surface area (Å²) < 4.78 is 43.2. The van der Waals surface area contributed by atoms with Gasteiger partial charge in [0.05, 0.1) is 15.6 Å². The molecule has 3 nitrogen and oxygen atoms in total. The molecular weight excluding hydrogens is 328 g/mol. The Bertz CT molecular complexity index is 630. The van der Waals surface area contributed by atoms with Gasteiger partial charge in [-0.3, -0.25) is 5.10 Å². The van der Waals surface area contributed by atoms with E-state index in [1.54, 1.807) is 6.07 Å². The summed E-state index contributed by atoms with van der Waals surface area (Å²) in [5.41, 5.74) is -0.112. The number of hydrogen-bond acceptors (Lipinski definition) is 2. The van der Waals surface area contributed by atoms with E-state index in [-0.39, 0.29) is 27.6 Å². The number of nitrogens with one attached hydrogen (secondary N) is 1. The standard InChI is InChI=1S/C13H11Cl2F3N2O/c1-6(2)10-5-11(20-19-10)21-12-8(14)3-7(4-9(12)15)13(16,17)18/h3-6H,1-2H3,(H,19,20). The molecule has 1 aromatic carbocycles. The lowest BCUT2D eigenvalue weighted by Gasteiger charge is -2.11. The number of hydrogen-bond donors (Lipinski definition) is 1. The molecule has 2 aromatic rings. The van der Waals surface area contributed by atoms with E-state index in [4.69, 9.17) is 27.9 Å². The summed E-state index contributed by atoms with van der Waals surface area (Å²) in [7, 11) is 0. The molecule has 21 heavy (non-hydrogen) atoms. The predicted molar refractivity (Wildman–Crippen MR) is 74.2 cm³/mol. The van der Waals surface area contributed by atoms with Gasteiger partial charge in [-0.1, -0.05) is 37.0 Å². The second-order valence-electron chi connectivity index (χ2n) is 4.69. The van der Waals surface area contributed by atoms with Gasteiger partial charge in [0.2, 0.25) is 5.88 Å². The van der Waals surface area contributed by atoms with E-state index in [1.165, 1.54) is 0 Å². The Hall–Kier alpha value is -1.40. The summed E-state index contributed by atoms with van der Waals surface area (Å²) in [5, 5.41) is 6.19. The van der Waals surface area contributed by atoms with E-state index >= 15 is 0 Å². The summed E-state index contributed by atoms with van der Waals surface area (Å²) in [6.07, 6.45) is -4.52. The van der Waals surface area contributed by atoms with Crippen molar-refractivity contribution in [2.75, 3.05) is 0 Å². The molecule has 114 valence electrons. The fourth-order valence-corrected chi connectivity index (χ4v) is 2.16. The molecule has 1 N–H and O–H groups in total. The zero-order valence-electron chi connectivity index (χ0n) is 11.1. The maximum absolute atomic E-state index is 12.6. The van der Waals surface area contributed by atoms with Gasteiger partial charge in [0.1, 0.15) is 0 Å². The number of halogens is 5. The van der Waals surface area contributed by atoms with Gasteiger partial charge in [-0.2, -0.15) is 13.2 Å². The molecule has 0 amide bonds. The lowest BCUT2D eigenvalue weighted by Crippen LogP contribution is -2.05. The van der Waals surface area contributed by atoms with E-state index in [2.05, 4.69) is 10.2 Å². The van der Waals surface area contributed by atoms with Gasteiger partial charge in [0.15, 0.2) is 5.75 Å². The lowest BCUT2D eigenvalue weighted by molar-refractivity contribution is -0.137. The third-order valence-electron chi connectivity index (χ3n) is 2.73. The largest absolute Gasteiger partial charge is 0.434 e. The summed E-state index contributed by atoms with van der Waals surface area (Å²) in [6, 6.07) is 3.16. The Balaban J connectivity index is 2.32. The molecule has 0 spiro atoms. The first kappa shape index (κ1) is 16.0. The van der Waals surface area contributed by atoms with Crippen molar-refractivity contribution in [2.45, 2.75) is 25.9 Å². The minimum absolute atomic E-state index is 0.0619. The summed E-state index contributed by atoms with van der Waals surface area (Å²) in [6.45, 7) is 3.91. The normalized spacial score (nSPS) is 12.0. The maximum Gasteiger partial charge on any atom is 0.416 e. The first-order valence-corrected chi connectivity index (χ1v) is 6.73. The van der Waals surface area contributed by atoms with Gasteiger partial charge < -0.3 is 4.74 Å². The average molecular weight is 339 g/mol. The quantitative estimate of drug-likeness (QED) is 0.784. The first-order valence-electron chi connectivity index (χ1n) is 5.98. The van der Waals surface area contributed by atoms with Crippen LogP contribution in [-0.2, 0) is 6.18 Å². The fraction of sp³-hybridized carbons (Fsp3) is 0.308. The molecule has 2 rings (SSSR count). The van der Waals surface area contributed by atoms with E-state index in [9.17, 15) is 13.2 Å². The SMILES string of the molecule is CC(C)c1cc(Oc2c(Cl)cc(C(F)(F)F)cc2Cl)n[nH]1. The van der Waals surface area contributed by atoms with Crippen molar-refractivity contribution in [3.8, 4) is 11.6 Å². The number of rotatable bonds is 3. The number of alkyl halides is 3. The van der Waals surface area contributed by atoms with Crippen LogP contribution < -0.4 is 4.74 Å². The summed E-state index contributed by atoms with van der Waals surface area (Å²) in [4.78, 5) is 0. The van der Waals surface area contributed by atoms with Crippen LogP contribution in [0.4, 0.5) is 13.2 Å². The molecule has 0 fully saturated rings. The van der Waals surface area contributed by atoms with Crippen LogP contribution in [0.3, 0.4) is 0 Å². The van der Waals surface area contributed by atoms with Crippen LogP contribution in [0.5, 0.6) is 11.6 Å². The van der Waals surface area contributed by atoms with Gasteiger partial charge in [-0.05, 0) is 18.1 Å². The van der Waals surface area contributed by atoms with Crippen molar-refractivity contribution >= 4 is 23.2 Å². The van der Waals surface area contributed by atoms with E-state index in [0.717, 1.165) is 17.8 Å². The number of ether oxygens (including phenoxy) is 1. The van der Waals surface area contributed by atoms with Crippen molar-refractivity contribution in [3.63, 3.8) is 0 Å². The molecule has 0 radical (unpaired) electrons. The second kappa shape index (κ2) is 5.77. The summed E-state index contributed by atoms with van der Waals surface area (Å²) >= 11 is 11.6. The monoisotopic (exact) mass is 338 g/mol. The molecular formula is C13H11Cl2F3N2O. The van der Waals surface area contributed by atoms with Gasteiger partial charge in [-0.25, -0.2) is 0 Å². The third-order valence-corrected chi connectivity index (χ3v) is 3.29. The Kier molecular flexibility index (Phi) is 4.39. The Morgan fingerprint density at radius 3 is 2.14 bits per heavy atom. The van der Waals surface area contributed by atoms with Crippen LogP contribution in [0.2, 0.25) is 10.0 Å². The highest BCUT2D eigenvalue weighted by molar-refractivity contribution is 6.37. The zero-order chi connectivity index (χ0) is 15.8. The smallest absolute Gasteiger partial charge is 0.416 e. The molecule has 1 heterocycles. The summed E-state index contributed by atoms with van der Waals surface area (Å²) in [5.74, 6) is 0.323. The molecule has 1 aromatic heterocycles. The number of benzene rings is 1. The molecule has 0 aliphatic rings. The van der Waals surface area contributed by atoms with Gasteiger partial charge >= 0.3 is 6.18 Å². The van der Waals surface area contributed by atoms with E-state index < -0.39 is 11.7 Å². The highest BCUT2D eigenvalue weighted by Crippen LogP contribution is 2.41. The number of aromatic amines is 1.